The second-order valence-electron chi connectivity index (χ2n) is 3.52. The molecule has 0 saturated carbocycles. The Kier molecular flexibility index (Phi) is 7.99. The highest BCUT2D eigenvalue weighted by Crippen LogP contribution is 2.07. The SMILES string of the molecule is CCCC(N)C(=O)NCCC(C)SC. The molecule has 2 atom stereocenters. The van der Waals surface area contributed by atoms with Crippen LogP contribution in [0.15, 0.2) is 0 Å². The largest absolute Gasteiger partial charge is 0.355 e. The molecule has 0 bridgehead atoms. The van der Waals surface area contributed by atoms with Gasteiger partial charge in [-0.05, 0) is 19.1 Å². The molecule has 0 aliphatic carbocycles. The van der Waals surface area contributed by atoms with Gasteiger partial charge in [0.2, 0.25) is 5.91 Å². The van der Waals surface area contributed by atoms with Gasteiger partial charge < -0.3 is 11.1 Å². The number of nitrogens with two attached hydrogens (primary N) is 1. The van der Waals surface area contributed by atoms with E-state index in [0.717, 1.165) is 25.8 Å². The molecular weight excluding hydrogens is 196 g/mol. The predicted octanol–water partition coefficient (Wildman–Crippen LogP) is 1.37. The Balaban J connectivity index is 3.53. The van der Waals surface area contributed by atoms with Crippen molar-refractivity contribution >= 4 is 17.7 Å². The van der Waals surface area contributed by atoms with Crippen molar-refractivity contribution < 1.29 is 4.79 Å². The van der Waals surface area contributed by atoms with Crippen LogP contribution in [-0.4, -0.2) is 30.0 Å². The lowest BCUT2D eigenvalue weighted by molar-refractivity contribution is -0.122. The van der Waals surface area contributed by atoms with Crippen molar-refractivity contribution in [2.24, 2.45) is 5.73 Å². The van der Waals surface area contributed by atoms with Crippen molar-refractivity contribution in [1.29, 1.82) is 0 Å². The van der Waals surface area contributed by atoms with E-state index in [4.69, 9.17) is 5.73 Å². The summed E-state index contributed by atoms with van der Waals surface area (Å²) in [6.07, 6.45) is 4.81. The second-order valence-corrected chi connectivity index (χ2v) is 4.80. The molecule has 0 fully saturated rings. The summed E-state index contributed by atoms with van der Waals surface area (Å²) in [7, 11) is 0. The Labute approximate surface area is 91.2 Å². The first-order valence-corrected chi connectivity index (χ1v) is 6.46. The summed E-state index contributed by atoms with van der Waals surface area (Å²) in [5.41, 5.74) is 5.66. The minimum absolute atomic E-state index is 0.0137. The van der Waals surface area contributed by atoms with Gasteiger partial charge in [0, 0.05) is 11.8 Å². The van der Waals surface area contributed by atoms with Gasteiger partial charge in [0.05, 0.1) is 6.04 Å². The van der Waals surface area contributed by atoms with Gasteiger partial charge in [-0.15, -0.1) is 0 Å². The van der Waals surface area contributed by atoms with Crippen LogP contribution in [0.3, 0.4) is 0 Å². The van der Waals surface area contributed by atoms with Crippen LogP contribution in [0.2, 0.25) is 0 Å². The summed E-state index contributed by atoms with van der Waals surface area (Å²) < 4.78 is 0. The van der Waals surface area contributed by atoms with Gasteiger partial charge in [-0.1, -0.05) is 20.3 Å². The third kappa shape index (κ3) is 6.27. The highest BCUT2D eigenvalue weighted by Gasteiger charge is 2.11. The number of rotatable bonds is 7. The minimum atomic E-state index is -0.329. The molecule has 14 heavy (non-hydrogen) atoms. The van der Waals surface area contributed by atoms with E-state index in [1.807, 2.05) is 18.7 Å². The summed E-state index contributed by atoms with van der Waals surface area (Å²) in [6.45, 7) is 4.92. The van der Waals surface area contributed by atoms with Crippen LogP contribution in [0.25, 0.3) is 0 Å². The topological polar surface area (TPSA) is 55.1 Å². The van der Waals surface area contributed by atoms with E-state index in [-0.39, 0.29) is 11.9 Å². The number of amides is 1. The van der Waals surface area contributed by atoms with E-state index >= 15 is 0 Å². The standard InChI is InChI=1S/C10H22N2OS/c1-4-5-9(11)10(13)12-7-6-8(2)14-3/h8-9H,4-7,11H2,1-3H3,(H,12,13). The molecule has 1 amide bonds. The molecule has 0 aromatic heterocycles. The van der Waals surface area contributed by atoms with Crippen molar-refractivity contribution in [2.75, 3.05) is 12.8 Å². The molecule has 0 aromatic rings. The van der Waals surface area contributed by atoms with Crippen LogP contribution in [-0.2, 0) is 4.79 Å². The van der Waals surface area contributed by atoms with Gasteiger partial charge >= 0.3 is 0 Å². The van der Waals surface area contributed by atoms with Crippen LogP contribution in [0.1, 0.15) is 33.1 Å². The van der Waals surface area contributed by atoms with Crippen molar-refractivity contribution in [1.82, 2.24) is 5.32 Å². The summed E-state index contributed by atoms with van der Waals surface area (Å²) in [5, 5.41) is 3.45. The predicted molar refractivity (Wildman–Crippen MR) is 63.5 cm³/mol. The number of carbonyl (C=O) groups is 1. The molecule has 0 saturated heterocycles. The van der Waals surface area contributed by atoms with E-state index in [1.54, 1.807) is 0 Å². The quantitative estimate of drug-likeness (QED) is 0.678. The molecule has 0 radical (unpaired) electrons. The van der Waals surface area contributed by atoms with Crippen molar-refractivity contribution in [3.05, 3.63) is 0 Å². The van der Waals surface area contributed by atoms with Gasteiger partial charge in [-0.25, -0.2) is 0 Å². The average molecular weight is 218 g/mol. The zero-order chi connectivity index (χ0) is 11.0. The molecule has 0 aliphatic heterocycles. The molecule has 84 valence electrons. The van der Waals surface area contributed by atoms with Crippen LogP contribution in [0, 0.1) is 0 Å². The Morgan fingerprint density at radius 2 is 2.14 bits per heavy atom. The van der Waals surface area contributed by atoms with Gasteiger partial charge in [0.1, 0.15) is 0 Å². The highest BCUT2D eigenvalue weighted by molar-refractivity contribution is 7.99. The smallest absolute Gasteiger partial charge is 0.236 e. The van der Waals surface area contributed by atoms with E-state index < -0.39 is 0 Å². The number of hydrogen-bond donors (Lipinski definition) is 2. The molecule has 0 aliphatic rings. The molecule has 0 spiro atoms. The second kappa shape index (κ2) is 8.12. The number of carbonyl (C=O) groups excluding carboxylic acids is 1. The molecular formula is C10H22N2OS. The Bertz CT molecular complexity index is 164. The van der Waals surface area contributed by atoms with Crippen molar-refractivity contribution in [3.63, 3.8) is 0 Å². The lowest BCUT2D eigenvalue weighted by Gasteiger charge is -2.12. The first kappa shape index (κ1) is 13.8. The fourth-order valence-corrected chi connectivity index (χ4v) is 1.44. The fourth-order valence-electron chi connectivity index (χ4n) is 1.09. The summed E-state index contributed by atoms with van der Waals surface area (Å²) >= 11 is 1.81. The fraction of sp³-hybridized carbons (Fsp3) is 0.900. The van der Waals surface area contributed by atoms with Gasteiger partial charge in [-0.3, -0.25) is 4.79 Å². The monoisotopic (exact) mass is 218 g/mol. The Morgan fingerprint density at radius 1 is 1.50 bits per heavy atom. The zero-order valence-electron chi connectivity index (χ0n) is 9.38. The first-order valence-electron chi connectivity index (χ1n) is 5.17. The van der Waals surface area contributed by atoms with E-state index in [2.05, 4.69) is 18.5 Å². The van der Waals surface area contributed by atoms with Crippen LogP contribution >= 0.6 is 11.8 Å². The van der Waals surface area contributed by atoms with Crippen LogP contribution in [0.4, 0.5) is 0 Å². The van der Waals surface area contributed by atoms with Crippen molar-refractivity contribution in [2.45, 2.75) is 44.4 Å². The maximum Gasteiger partial charge on any atom is 0.236 e. The van der Waals surface area contributed by atoms with Crippen LogP contribution < -0.4 is 11.1 Å². The van der Waals surface area contributed by atoms with E-state index in [9.17, 15) is 4.79 Å². The number of hydrogen-bond acceptors (Lipinski definition) is 3. The highest BCUT2D eigenvalue weighted by atomic mass is 32.2. The maximum atomic E-state index is 11.4. The molecule has 3 nitrogen and oxygen atoms in total. The lowest BCUT2D eigenvalue weighted by Crippen LogP contribution is -2.41. The summed E-state index contributed by atoms with van der Waals surface area (Å²) in [5.74, 6) is -0.0137. The normalized spacial score (nSPS) is 14.9. The number of thioether (sulfide) groups is 1. The Hall–Kier alpha value is -0.220. The number of nitrogens with one attached hydrogen (secondary N) is 1. The lowest BCUT2D eigenvalue weighted by atomic mass is 10.1. The molecule has 0 rings (SSSR count). The summed E-state index contributed by atoms with van der Waals surface area (Å²) in [6, 6.07) is -0.329. The molecule has 3 N–H and O–H groups in total. The van der Waals surface area contributed by atoms with Gasteiger partial charge in [0.15, 0.2) is 0 Å². The maximum absolute atomic E-state index is 11.4. The molecule has 0 heterocycles. The van der Waals surface area contributed by atoms with Gasteiger partial charge in [0.25, 0.3) is 0 Å². The van der Waals surface area contributed by atoms with E-state index in [0.29, 0.717) is 5.25 Å². The first-order chi connectivity index (χ1) is 6.61. The molecule has 4 heteroatoms. The molecule has 2 unspecified atom stereocenters. The van der Waals surface area contributed by atoms with E-state index in [1.165, 1.54) is 0 Å². The van der Waals surface area contributed by atoms with Crippen LogP contribution in [0.5, 0.6) is 0 Å². The third-order valence-electron chi connectivity index (χ3n) is 2.19. The summed E-state index contributed by atoms with van der Waals surface area (Å²) in [4.78, 5) is 11.4. The zero-order valence-corrected chi connectivity index (χ0v) is 10.2. The van der Waals surface area contributed by atoms with Crippen molar-refractivity contribution in [3.8, 4) is 0 Å². The Morgan fingerprint density at radius 3 is 2.64 bits per heavy atom. The molecule has 0 aromatic carbocycles. The third-order valence-corrected chi connectivity index (χ3v) is 3.23. The minimum Gasteiger partial charge on any atom is -0.355 e. The van der Waals surface area contributed by atoms with Gasteiger partial charge in [-0.2, -0.15) is 11.8 Å². The average Bonchev–Trinajstić information content (AvgIpc) is 2.17.